The minimum Gasteiger partial charge on any atom is -0.459 e. The lowest BCUT2D eigenvalue weighted by Crippen LogP contribution is -2.50. The predicted molar refractivity (Wildman–Crippen MR) is 133 cm³/mol. The summed E-state index contributed by atoms with van der Waals surface area (Å²) in [6.07, 6.45) is 4.80. The molecule has 0 atom stereocenters. The fourth-order valence-electron chi connectivity index (χ4n) is 3.83. The normalized spacial score (nSPS) is 13.7. The number of furan rings is 1. The fourth-order valence-corrected chi connectivity index (χ4v) is 4.80. The first-order chi connectivity index (χ1) is 17.5. The number of piperazine rings is 1. The number of halogens is 1. The molecule has 4 heterocycles. The molecular formula is C24H22ClN7O3S. The first-order valence-corrected chi connectivity index (χ1v) is 12.6. The SMILES string of the molecule is Cc1ccc(-n2nnc(C(=O)N3CCN(C(=O)c4ccco4)CC3)c2CSc2ncccn2)cc1Cl. The fraction of sp³-hybridized carbons (Fsp3) is 0.250. The first kappa shape index (κ1) is 24.0. The molecule has 184 valence electrons. The molecule has 0 bridgehead atoms. The Labute approximate surface area is 216 Å². The molecule has 0 saturated carbocycles. The van der Waals surface area contributed by atoms with Crippen LogP contribution in [0.25, 0.3) is 5.69 Å². The van der Waals surface area contributed by atoms with Gasteiger partial charge in [0.2, 0.25) is 0 Å². The third-order valence-electron chi connectivity index (χ3n) is 5.83. The number of hydrogen-bond donors (Lipinski definition) is 0. The summed E-state index contributed by atoms with van der Waals surface area (Å²) in [6, 6.07) is 10.6. The summed E-state index contributed by atoms with van der Waals surface area (Å²) >= 11 is 7.74. The van der Waals surface area contributed by atoms with Crippen molar-refractivity contribution in [1.82, 2.24) is 34.8 Å². The van der Waals surface area contributed by atoms with Crippen LogP contribution in [0.15, 0.2) is 64.6 Å². The number of hydrogen-bond acceptors (Lipinski definition) is 8. The Kier molecular flexibility index (Phi) is 7.01. The lowest BCUT2D eigenvalue weighted by molar-refractivity contribution is 0.0514. The van der Waals surface area contributed by atoms with Gasteiger partial charge in [-0.2, -0.15) is 0 Å². The second-order valence-corrected chi connectivity index (χ2v) is 9.46. The molecule has 10 nitrogen and oxygen atoms in total. The molecule has 1 saturated heterocycles. The monoisotopic (exact) mass is 523 g/mol. The van der Waals surface area contributed by atoms with Crippen molar-refractivity contribution in [2.45, 2.75) is 17.8 Å². The largest absolute Gasteiger partial charge is 0.459 e. The van der Waals surface area contributed by atoms with Gasteiger partial charge in [-0.25, -0.2) is 14.6 Å². The van der Waals surface area contributed by atoms with Crippen molar-refractivity contribution in [2.75, 3.05) is 26.2 Å². The quantitative estimate of drug-likeness (QED) is 0.279. The highest BCUT2D eigenvalue weighted by molar-refractivity contribution is 7.98. The molecule has 3 aromatic heterocycles. The lowest BCUT2D eigenvalue weighted by Gasteiger charge is -2.34. The molecule has 0 unspecified atom stereocenters. The van der Waals surface area contributed by atoms with Crippen LogP contribution in [0.5, 0.6) is 0 Å². The van der Waals surface area contributed by atoms with E-state index in [1.807, 2.05) is 19.1 Å². The number of rotatable bonds is 6. The van der Waals surface area contributed by atoms with E-state index in [0.717, 1.165) is 5.56 Å². The Morgan fingerprint density at radius 2 is 1.75 bits per heavy atom. The molecular weight excluding hydrogens is 502 g/mol. The van der Waals surface area contributed by atoms with Crippen LogP contribution in [0.3, 0.4) is 0 Å². The van der Waals surface area contributed by atoms with E-state index < -0.39 is 0 Å². The lowest BCUT2D eigenvalue weighted by atomic mass is 10.2. The molecule has 1 aliphatic heterocycles. The maximum atomic E-state index is 13.5. The van der Waals surface area contributed by atoms with Crippen LogP contribution in [-0.4, -0.2) is 72.8 Å². The van der Waals surface area contributed by atoms with Gasteiger partial charge in [0.25, 0.3) is 11.8 Å². The Morgan fingerprint density at radius 3 is 2.42 bits per heavy atom. The van der Waals surface area contributed by atoms with Gasteiger partial charge in [-0.3, -0.25) is 9.59 Å². The Morgan fingerprint density at radius 1 is 1.03 bits per heavy atom. The second kappa shape index (κ2) is 10.5. The summed E-state index contributed by atoms with van der Waals surface area (Å²) in [5, 5.41) is 9.72. The van der Waals surface area contributed by atoms with Crippen LogP contribution < -0.4 is 0 Å². The van der Waals surface area contributed by atoms with Crippen molar-refractivity contribution in [3.63, 3.8) is 0 Å². The smallest absolute Gasteiger partial charge is 0.289 e. The standard InChI is InChI=1S/C24H22ClN7O3S/c1-16-5-6-17(14-18(16)25)32-19(15-36-24-26-7-3-8-27-24)21(28-29-32)23(34)31-11-9-30(10-12-31)22(33)20-4-2-13-35-20/h2-8,13-14H,9-12,15H2,1H3. The summed E-state index contributed by atoms with van der Waals surface area (Å²) in [5.41, 5.74) is 2.51. The highest BCUT2D eigenvalue weighted by atomic mass is 35.5. The van der Waals surface area contributed by atoms with Gasteiger partial charge in [-0.15, -0.1) is 5.10 Å². The topological polar surface area (TPSA) is 110 Å². The third-order valence-corrected chi connectivity index (χ3v) is 7.13. The summed E-state index contributed by atoms with van der Waals surface area (Å²) < 4.78 is 6.85. The molecule has 0 spiro atoms. The van der Waals surface area contributed by atoms with Gasteiger partial charge in [-0.05, 0) is 42.8 Å². The third kappa shape index (κ3) is 4.98. The number of carbonyl (C=O) groups excluding carboxylic acids is 2. The van der Waals surface area contributed by atoms with E-state index in [9.17, 15) is 9.59 Å². The van der Waals surface area contributed by atoms with Crippen molar-refractivity contribution in [2.24, 2.45) is 0 Å². The van der Waals surface area contributed by atoms with Crippen molar-refractivity contribution in [1.29, 1.82) is 0 Å². The van der Waals surface area contributed by atoms with Crippen LogP contribution in [0.1, 0.15) is 32.3 Å². The molecule has 1 aliphatic rings. The summed E-state index contributed by atoms with van der Waals surface area (Å²) in [7, 11) is 0. The average Bonchev–Trinajstić information content (AvgIpc) is 3.60. The predicted octanol–water partition coefficient (Wildman–Crippen LogP) is 3.50. The number of benzene rings is 1. The molecule has 0 radical (unpaired) electrons. The van der Waals surface area contributed by atoms with Gasteiger partial charge >= 0.3 is 0 Å². The van der Waals surface area contributed by atoms with E-state index in [2.05, 4.69) is 20.3 Å². The van der Waals surface area contributed by atoms with Crippen LogP contribution in [-0.2, 0) is 5.75 Å². The molecule has 36 heavy (non-hydrogen) atoms. The van der Waals surface area contributed by atoms with Crippen LogP contribution in [0, 0.1) is 6.92 Å². The summed E-state index contributed by atoms with van der Waals surface area (Å²) in [4.78, 5) is 38.0. The summed E-state index contributed by atoms with van der Waals surface area (Å²) in [6.45, 7) is 3.47. The van der Waals surface area contributed by atoms with Crippen molar-refractivity contribution in [3.8, 4) is 5.69 Å². The molecule has 2 amide bonds. The van der Waals surface area contributed by atoms with Crippen LogP contribution in [0.2, 0.25) is 5.02 Å². The van der Waals surface area contributed by atoms with Gasteiger partial charge in [0.05, 0.1) is 17.6 Å². The minimum absolute atomic E-state index is 0.186. The van der Waals surface area contributed by atoms with Crippen molar-refractivity contribution < 1.29 is 14.0 Å². The highest BCUT2D eigenvalue weighted by Gasteiger charge is 2.30. The van der Waals surface area contributed by atoms with Gasteiger partial charge in [0, 0.05) is 49.3 Å². The average molecular weight is 524 g/mol. The highest BCUT2D eigenvalue weighted by Crippen LogP contribution is 2.26. The number of aryl methyl sites for hydroxylation is 1. The van der Waals surface area contributed by atoms with Crippen LogP contribution >= 0.6 is 23.4 Å². The Hall–Kier alpha value is -3.70. The maximum absolute atomic E-state index is 13.5. The van der Waals surface area contributed by atoms with Crippen LogP contribution in [0.4, 0.5) is 0 Å². The van der Waals surface area contributed by atoms with Gasteiger partial charge in [0.1, 0.15) is 0 Å². The van der Waals surface area contributed by atoms with Gasteiger partial charge in [0.15, 0.2) is 16.6 Å². The van der Waals surface area contributed by atoms with E-state index in [1.165, 1.54) is 18.0 Å². The molecule has 1 fully saturated rings. The van der Waals surface area contributed by atoms with E-state index in [0.29, 0.717) is 53.5 Å². The van der Waals surface area contributed by atoms with E-state index in [-0.39, 0.29) is 23.3 Å². The van der Waals surface area contributed by atoms with Crippen molar-refractivity contribution in [3.05, 3.63) is 82.8 Å². The number of carbonyl (C=O) groups is 2. The number of aromatic nitrogens is 5. The number of amides is 2. The second-order valence-electron chi connectivity index (χ2n) is 8.11. The zero-order valence-electron chi connectivity index (χ0n) is 19.4. The molecule has 4 aromatic rings. The molecule has 12 heteroatoms. The van der Waals surface area contributed by atoms with Gasteiger partial charge in [-0.1, -0.05) is 34.6 Å². The first-order valence-electron chi connectivity index (χ1n) is 11.2. The number of nitrogens with zero attached hydrogens (tertiary/aromatic N) is 7. The Balaban J connectivity index is 1.38. The zero-order chi connectivity index (χ0) is 25.1. The molecule has 5 rings (SSSR count). The number of thioether (sulfide) groups is 1. The van der Waals surface area contributed by atoms with E-state index in [4.69, 9.17) is 16.0 Å². The minimum atomic E-state index is -0.242. The molecule has 1 aromatic carbocycles. The summed E-state index contributed by atoms with van der Waals surface area (Å²) in [5.74, 6) is 0.237. The molecule has 0 aliphatic carbocycles. The molecule has 0 N–H and O–H groups in total. The van der Waals surface area contributed by atoms with Gasteiger partial charge < -0.3 is 14.2 Å². The van der Waals surface area contributed by atoms with E-state index >= 15 is 0 Å². The maximum Gasteiger partial charge on any atom is 0.289 e. The van der Waals surface area contributed by atoms with Crippen molar-refractivity contribution >= 4 is 35.2 Å². The zero-order valence-corrected chi connectivity index (χ0v) is 20.9. The van der Waals surface area contributed by atoms with E-state index in [1.54, 1.807) is 51.1 Å². The Bertz CT molecular complexity index is 1370.